The molecule has 3 aromatic rings. The number of anilines is 2. The second-order valence-electron chi connectivity index (χ2n) is 4.87. The molecule has 0 radical (unpaired) electrons. The van der Waals surface area contributed by atoms with Crippen molar-refractivity contribution in [3.05, 3.63) is 47.8 Å². The molecule has 0 aliphatic rings. The highest BCUT2D eigenvalue weighted by molar-refractivity contribution is 7.80. The molecule has 0 unspecified atom stereocenters. The molecule has 0 atom stereocenters. The predicted molar refractivity (Wildman–Crippen MR) is 88.9 cm³/mol. The number of benzene rings is 1. The number of rotatable bonds is 3. The van der Waals surface area contributed by atoms with Gasteiger partial charge in [-0.15, -0.1) is 0 Å². The van der Waals surface area contributed by atoms with E-state index in [9.17, 15) is 0 Å². The van der Waals surface area contributed by atoms with Gasteiger partial charge in [-0.25, -0.2) is 4.98 Å². The zero-order valence-corrected chi connectivity index (χ0v) is 12.6. The van der Waals surface area contributed by atoms with Crippen LogP contribution in [-0.2, 0) is 7.05 Å². The molecule has 0 spiro atoms. The van der Waals surface area contributed by atoms with Gasteiger partial charge in [0.2, 0.25) is 0 Å². The number of aryl methyl sites for hydroxylation is 2. The van der Waals surface area contributed by atoms with Crippen molar-refractivity contribution in [2.45, 2.75) is 6.92 Å². The van der Waals surface area contributed by atoms with Gasteiger partial charge in [-0.1, -0.05) is 30.4 Å². The number of aromatic nitrogens is 3. The van der Waals surface area contributed by atoms with Gasteiger partial charge in [-0.3, -0.25) is 4.68 Å². The molecule has 0 saturated carbocycles. The van der Waals surface area contributed by atoms with Crippen LogP contribution >= 0.6 is 12.2 Å². The third kappa shape index (κ3) is 2.57. The van der Waals surface area contributed by atoms with Gasteiger partial charge < -0.3 is 11.1 Å². The minimum absolute atomic E-state index is 0.317. The number of nitrogens with one attached hydrogen (secondary N) is 1. The fourth-order valence-corrected chi connectivity index (χ4v) is 2.40. The lowest BCUT2D eigenvalue weighted by Gasteiger charge is -2.11. The molecule has 106 valence electrons. The number of hydrogen-bond acceptors (Lipinski definition) is 4. The van der Waals surface area contributed by atoms with Gasteiger partial charge in [-0.05, 0) is 19.1 Å². The van der Waals surface area contributed by atoms with Gasteiger partial charge in [0.25, 0.3) is 0 Å². The molecule has 0 bridgehead atoms. The molecule has 21 heavy (non-hydrogen) atoms. The number of nitrogens with two attached hydrogens (primary N) is 1. The van der Waals surface area contributed by atoms with E-state index >= 15 is 0 Å². The average Bonchev–Trinajstić information content (AvgIpc) is 2.76. The first kappa shape index (κ1) is 13.5. The Morgan fingerprint density at radius 3 is 2.76 bits per heavy atom. The second kappa shape index (κ2) is 5.14. The molecule has 0 saturated heterocycles. The van der Waals surface area contributed by atoms with Crippen molar-refractivity contribution in [2.24, 2.45) is 12.8 Å². The molecular weight excluding hydrogens is 282 g/mol. The van der Waals surface area contributed by atoms with E-state index in [0.717, 1.165) is 27.8 Å². The van der Waals surface area contributed by atoms with E-state index in [1.807, 2.05) is 50.5 Å². The summed E-state index contributed by atoms with van der Waals surface area (Å²) in [6.45, 7) is 1.93. The smallest absolute Gasteiger partial charge is 0.141 e. The van der Waals surface area contributed by atoms with Crippen molar-refractivity contribution >= 4 is 39.6 Å². The summed E-state index contributed by atoms with van der Waals surface area (Å²) in [6.07, 6.45) is 1.90. The van der Waals surface area contributed by atoms with Crippen LogP contribution in [0.1, 0.15) is 11.3 Å². The van der Waals surface area contributed by atoms with Gasteiger partial charge in [-0.2, -0.15) is 5.10 Å². The summed E-state index contributed by atoms with van der Waals surface area (Å²) in [6, 6.07) is 9.82. The van der Waals surface area contributed by atoms with Gasteiger partial charge in [0.15, 0.2) is 0 Å². The van der Waals surface area contributed by atoms with Gasteiger partial charge in [0, 0.05) is 18.6 Å². The molecule has 5 nitrogen and oxygen atoms in total. The van der Waals surface area contributed by atoms with Crippen LogP contribution in [-0.4, -0.2) is 19.8 Å². The summed E-state index contributed by atoms with van der Waals surface area (Å²) in [7, 11) is 1.88. The van der Waals surface area contributed by atoms with E-state index in [1.165, 1.54) is 0 Å². The first-order valence-electron chi connectivity index (χ1n) is 6.51. The maximum atomic E-state index is 5.83. The third-order valence-electron chi connectivity index (χ3n) is 3.26. The highest BCUT2D eigenvalue weighted by Gasteiger charge is 2.12. The highest BCUT2D eigenvalue weighted by atomic mass is 32.1. The molecule has 0 aliphatic heterocycles. The standard InChI is InChI=1S/C15H15N5S/c1-9-13(8-20(2)19-9)18-15-11(14(16)21)7-10-5-3-4-6-12(10)17-15/h3-8H,1-2H3,(H2,16,21)(H,17,18). The molecule has 2 heterocycles. The Hall–Kier alpha value is -2.47. The number of thiocarbonyl (C=S) groups is 1. The Bertz CT molecular complexity index is 837. The molecule has 1 aromatic carbocycles. The van der Waals surface area contributed by atoms with E-state index in [4.69, 9.17) is 18.0 Å². The largest absolute Gasteiger partial charge is 0.389 e. The lowest BCUT2D eigenvalue weighted by atomic mass is 10.1. The van der Waals surface area contributed by atoms with Gasteiger partial charge >= 0.3 is 0 Å². The number of fused-ring (bicyclic) bond motifs is 1. The van der Waals surface area contributed by atoms with E-state index in [1.54, 1.807) is 4.68 Å². The summed E-state index contributed by atoms with van der Waals surface area (Å²) in [5, 5.41) is 8.59. The maximum Gasteiger partial charge on any atom is 0.141 e. The Kier molecular flexibility index (Phi) is 3.31. The lowest BCUT2D eigenvalue weighted by Crippen LogP contribution is -2.13. The number of para-hydroxylation sites is 1. The normalized spacial score (nSPS) is 10.8. The number of hydrogen-bond donors (Lipinski definition) is 2. The Balaban J connectivity index is 2.13. The fraction of sp³-hybridized carbons (Fsp3) is 0.133. The third-order valence-corrected chi connectivity index (χ3v) is 3.48. The van der Waals surface area contributed by atoms with E-state index in [2.05, 4.69) is 15.4 Å². The van der Waals surface area contributed by atoms with E-state index in [0.29, 0.717) is 10.8 Å². The van der Waals surface area contributed by atoms with Crippen molar-refractivity contribution < 1.29 is 0 Å². The van der Waals surface area contributed by atoms with Gasteiger partial charge in [0.1, 0.15) is 10.8 Å². The van der Waals surface area contributed by atoms with Crippen molar-refractivity contribution in [3.63, 3.8) is 0 Å². The topological polar surface area (TPSA) is 68.8 Å². The Morgan fingerprint density at radius 1 is 1.33 bits per heavy atom. The van der Waals surface area contributed by atoms with Crippen LogP contribution < -0.4 is 11.1 Å². The Morgan fingerprint density at radius 2 is 2.10 bits per heavy atom. The summed E-state index contributed by atoms with van der Waals surface area (Å²) in [5.74, 6) is 0.650. The molecule has 0 aliphatic carbocycles. The zero-order valence-electron chi connectivity index (χ0n) is 11.8. The van der Waals surface area contributed by atoms with Crippen LogP contribution in [0.2, 0.25) is 0 Å². The average molecular weight is 297 g/mol. The molecule has 0 amide bonds. The van der Waals surface area contributed by atoms with Crippen LogP contribution in [0.3, 0.4) is 0 Å². The minimum Gasteiger partial charge on any atom is -0.389 e. The first-order chi connectivity index (χ1) is 10.0. The van der Waals surface area contributed by atoms with Crippen molar-refractivity contribution in [3.8, 4) is 0 Å². The van der Waals surface area contributed by atoms with Crippen molar-refractivity contribution in [2.75, 3.05) is 5.32 Å². The van der Waals surface area contributed by atoms with Crippen molar-refractivity contribution in [1.29, 1.82) is 0 Å². The monoisotopic (exact) mass is 297 g/mol. The highest BCUT2D eigenvalue weighted by Crippen LogP contribution is 2.24. The van der Waals surface area contributed by atoms with Crippen LogP contribution in [0.4, 0.5) is 11.5 Å². The lowest BCUT2D eigenvalue weighted by molar-refractivity contribution is 0.756. The second-order valence-corrected chi connectivity index (χ2v) is 5.31. The molecule has 3 N–H and O–H groups in total. The van der Waals surface area contributed by atoms with E-state index in [-0.39, 0.29) is 0 Å². The first-order valence-corrected chi connectivity index (χ1v) is 6.92. The number of pyridine rings is 1. The predicted octanol–water partition coefficient (Wildman–Crippen LogP) is 2.65. The zero-order chi connectivity index (χ0) is 15.0. The van der Waals surface area contributed by atoms with Crippen molar-refractivity contribution in [1.82, 2.24) is 14.8 Å². The maximum absolute atomic E-state index is 5.83. The van der Waals surface area contributed by atoms with Gasteiger partial charge in [0.05, 0.1) is 22.5 Å². The van der Waals surface area contributed by atoms with Crippen LogP contribution in [0, 0.1) is 6.92 Å². The summed E-state index contributed by atoms with van der Waals surface area (Å²) < 4.78 is 1.75. The number of nitrogens with zero attached hydrogens (tertiary/aromatic N) is 3. The SMILES string of the molecule is Cc1nn(C)cc1Nc1nc2ccccc2cc1C(N)=S. The molecule has 2 aromatic heterocycles. The summed E-state index contributed by atoms with van der Waals surface area (Å²) >= 11 is 5.14. The van der Waals surface area contributed by atoms with Crippen LogP contribution in [0.25, 0.3) is 10.9 Å². The van der Waals surface area contributed by atoms with E-state index < -0.39 is 0 Å². The minimum atomic E-state index is 0.317. The van der Waals surface area contributed by atoms with Crippen LogP contribution in [0.5, 0.6) is 0 Å². The molecule has 0 fully saturated rings. The molecule has 6 heteroatoms. The van der Waals surface area contributed by atoms with Crippen LogP contribution in [0.15, 0.2) is 36.5 Å². The quantitative estimate of drug-likeness (QED) is 0.727. The summed E-state index contributed by atoms with van der Waals surface area (Å²) in [4.78, 5) is 4.94. The fourth-order valence-electron chi connectivity index (χ4n) is 2.25. The summed E-state index contributed by atoms with van der Waals surface area (Å²) in [5.41, 5.74) is 9.23. The Labute approximate surface area is 127 Å². The molecular formula is C15H15N5S. The molecule has 3 rings (SSSR count).